The Kier molecular flexibility index (Phi) is 3.61. The highest BCUT2D eigenvalue weighted by Gasteiger charge is 2.15. The molecule has 0 aliphatic rings. The maximum Gasteiger partial charge on any atom is 0.339 e. The van der Waals surface area contributed by atoms with Crippen molar-refractivity contribution in [3.05, 3.63) is 65.2 Å². The van der Waals surface area contributed by atoms with Gasteiger partial charge in [0, 0.05) is 17.5 Å². The second kappa shape index (κ2) is 5.35. The SMILES string of the molecule is O=C(Cc1cccc(C(=O)O)c1O)c1ccccc1. The van der Waals surface area contributed by atoms with Crippen molar-refractivity contribution in [2.24, 2.45) is 0 Å². The minimum absolute atomic E-state index is 0.0308. The Morgan fingerprint density at radius 3 is 2.26 bits per heavy atom. The number of carbonyl (C=O) groups is 2. The second-order valence-corrected chi connectivity index (χ2v) is 4.08. The number of carbonyl (C=O) groups excluding carboxylic acids is 1. The van der Waals surface area contributed by atoms with Crippen LogP contribution in [-0.4, -0.2) is 22.0 Å². The number of Topliss-reactive ketones (excluding diaryl/α,β-unsaturated/α-hetero) is 1. The smallest absolute Gasteiger partial charge is 0.339 e. The maximum atomic E-state index is 12.0. The van der Waals surface area contributed by atoms with Gasteiger partial charge in [-0.2, -0.15) is 0 Å². The topological polar surface area (TPSA) is 74.6 Å². The van der Waals surface area contributed by atoms with E-state index < -0.39 is 5.97 Å². The predicted octanol–water partition coefficient (Wildman–Crippen LogP) is 2.52. The number of rotatable bonds is 4. The van der Waals surface area contributed by atoms with Gasteiger partial charge < -0.3 is 10.2 Å². The van der Waals surface area contributed by atoms with E-state index in [-0.39, 0.29) is 23.5 Å². The van der Waals surface area contributed by atoms with Crippen molar-refractivity contribution in [2.45, 2.75) is 6.42 Å². The predicted molar refractivity (Wildman–Crippen MR) is 69.5 cm³/mol. The van der Waals surface area contributed by atoms with E-state index in [1.807, 2.05) is 0 Å². The number of benzene rings is 2. The molecule has 0 atom stereocenters. The van der Waals surface area contributed by atoms with Crippen LogP contribution in [0, 0.1) is 0 Å². The molecule has 2 aromatic carbocycles. The molecule has 0 bridgehead atoms. The van der Waals surface area contributed by atoms with Crippen LogP contribution in [0.3, 0.4) is 0 Å². The number of hydrogen-bond donors (Lipinski definition) is 2. The molecular formula is C15H12O4. The molecule has 0 amide bonds. The summed E-state index contributed by atoms with van der Waals surface area (Å²) >= 11 is 0. The van der Waals surface area contributed by atoms with Gasteiger partial charge in [-0.15, -0.1) is 0 Å². The number of carboxylic acids is 1. The molecule has 19 heavy (non-hydrogen) atoms. The molecule has 2 N–H and O–H groups in total. The lowest BCUT2D eigenvalue weighted by Crippen LogP contribution is -2.05. The Hall–Kier alpha value is -2.62. The first kappa shape index (κ1) is 12.8. The van der Waals surface area contributed by atoms with Gasteiger partial charge in [-0.25, -0.2) is 4.79 Å². The molecule has 2 aromatic rings. The van der Waals surface area contributed by atoms with Crippen LogP contribution in [-0.2, 0) is 6.42 Å². The Labute approximate surface area is 109 Å². The van der Waals surface area contributed by atoms with Gasteiger partial charge in [0.05, 0.1) is 0 Å². The van der Waals surface area contributed by atoms with Crippen LogP contribution in [0.5, 0.6) is 5.75 Å². The molecule has 2 rings (SSSR count). The highest BCUT2D eigenvalue weighted by molar-refractivity contribution is 5.98. The molecule has 0 heterocycles. The third-order valence-electron chi connectivity index (χ3n) is 2.80. The Bertz CT molecular complexity index is 617. The van der Waals surface area contributed by atoms with Crippen LogP contribution < -0.4 is 0 Å². The molecule has 0 aromatic heterocycles. The average molecular weight is 256 g/mol. The minimum atomic E-state index is -1.22. The van der Waals surface area contributed by atoms with Crippen molar-refractivity contribution in [2.75, 3.05) is 0 Å². The quantitative estimate of drug-likeness (QED) is 0.824. The van der Waals surface area contributed by atoms with Gasteiger partial charge in [0.15, 0.2) is 5.78 Å². The summed E-state index contributed by atoms with van der Waals surface area (Å²) in [6.45, 7) is 0. The summed E-state index contributed by atoms with van der Waals surface area (Å²) in [7, 11) is 0. The van der Waals surface area contributed by atoms with Gasteiger partial charge in [0.2, 0.25) is 0 Å². The van der Waals surface area contributed by atoms with Crippen LogP contribution in [0.2, 0.25) is 0 Å². The normalized spacial score (nSPS) is 10.1. The number of phenols is 1. The summed E-state index contributed by atoms with van der Waals surface area (Å²) in [6, 6.07) is 13.0. The Morgan fingerprint density at radius 2 is 1.63 bits per heavy atom. The number of hydrogen-bond acceptors (Lipinski definition) is 3. The van der Waals surface area contributed by atoms with Crippen molar-refractivity contribution >= 4 is 11.8 Å². The molecule has 0 saturated heterocycles. The van der Waals surface area contributed by atoms with Gasteiger partial charge >= 0.3 is 5.97 Å². The largest absolute Gasteiger partial charge is 0.507 e. The number of aromatic hydroxyl groups is 1. The average Bonchev–Trinajstić information content (AvgIpc) is 2.41. The van der Waals surface area contributed by atoms with E-state index in [2.05, 4.69) is 0 Å². The van der Waals surface area contributed by atoms with Crippen molar-refractivity contribution < 1.29 is 19.8 Å². The van der Waals surface area contributed by atoms with Crippen molar-refractivity contribution in [1.82, 2.24) is 0 Å². The van der Waals surface area contributed by atoms with Gasteiger partial charge in [0.25, 0.3) is 0 Å². The maximum absolute atomic E-state index is 12.0. The fourth-order valence-corrected chi connectivity index (χ4v) is 1.81. The molecule has 4 nitrogen and oxygen atoms in total. The summed E-state index contributed by atoms with van der Waals surface area (Å²) in [5, 5.41) is 18.7. The molecule has 0 aliphatic heterocycles. The summed E-state index contributed by atoms with van der Waals surface area (Å²) in [5.74, 6) is -1.73. The monoisotopic (exact) mass is 256 g/mol. The van der Waals surface area contributed by atoms with Crippen molar-refractivity contribution in [3.8, 4) is 5.75 Å². The van der Waals surface area contributed by atoms with Crippen LogP contribution in [0.1, 0.15) is 26.3 Å². The van der Waals surface area contributed by atoms with Gasteiger partial charge in [-0.1, -0.05) is 42.5 Å². The Balaban J connectivity index is 2.27. The second-order valence-electron chi connectivity index (χ2n) is 4.08. The first-order chi connectivity index (χ1) is 9.09. The van der Waals surface area contributed by atoms with E-state index in [1.165, 1.54) is 12.1 Å². The van der Waals surface area contributed by atoms with E-state index in [0.29, 0.717) is 11.1 Å². The number of aromatic carboxylic acids is 1. The van der Waals surface area contributed by atoms with E-state index in [9.17, 15) is 14.7 Å². The molecule has 4 heteroatoms. The van der Waals surface area contributed by atoms with Crippen LogP contribution in [0.25, 0.3) is 0 Å². The summed E-state index contributed by atoms with van der Waals surface area (Å²) in [6.07, 6.45) is -0.0308. The third kappa shape index (κ3) is 2.80. The lowest BCUT2D eigenvalue weighted by Gasteiger charge is -2.06. The number of carboxylic acid groups (broad SMARTS) is 1. The molecule has 0 spiro atoms. The fourth-order valence-electron chi connectivity index (χ4n) is 1.81. The van der Waals surface area contributed by atoms with Gasteiger partial charge in [0.1, 0.15) is 11.3 Å². The molecule has 0 fully saturated rings. The van der Waals surface area contributed by atoms with E-state index in [1.54, 1.807) is 36.4 Å². The Morgan fingerprint density at radius 1 is 0.947 bits per heavy atom. The van der Waals surface area contributed by atoms with Crippen molar-refractivity contribution in [3.63, 3.8) is 0 Å². The first-order valence-electron chi connectivity index (χ1n) is 5.72. The number of para-hydroxylation sites is 1. The molecule has 0 radical (unpaired) electrons. The minimum Gasteiger partial charge on any atom is -0.507 e. The molecule has 96 valence electrons. The zero-order valence-corrected chi connectivity index (χ0v) is 10.0. The highest BCUT2D eigenvalue weighted by atomic mass is 16.4. The van der Waals surface area contributed by atoms with Crippen molar-refractivity contribution in [1.29, 1.82) is 0 Å². The fraction of sp³-hybridized carbons (Fsp3) is 0.0667. The molecule has 0 saturated carbocycles. The lowest BCUT2D eigenvalue weighted by molar-refractivity contribution is 0.0693. The molecule has 0 aliphatic carbocycles. The zero-order chi connectivity index (χ0) is 13.8. The van der Waals surface area contributed by atoms with Gasteiger partial charge in [-0.05, 0) is 6.07 Å². The highest BCUT2D eigenvalue weighted by Crippen LogP contribution is 2.23. The van der Waals surface area contributed by atoms with Crippen LogP contribution >= 0.6 is 0 Å². The summed E-state index contributed by atoms with van der Waals surface area (Å²) < 4.78 is 0. The van der Waals surface area contributed by atoms with E-state index >= 15 is 0 Å². The molecule has 0 unspecified atom stereocenters. The van der Waals surface area contributed by atoms with E-state index in [0.717, 1.165) is 0 Å². The molecular weight excluding hydrogens is 244 g/mol. The van der Waals surface area contributed by atoms with Crippen LogP contribution in [0.15, 0.2) is 48.5 Å². The first-order valence-corrected chi connectivity index (χ1v) is 5.72. The lowest BCUT2D eigenvalue weighted by atomic mass is 10.0. The standard InChI is InChI=1S/C15H12O4/c16-13(10-5-2-1-3-6-10)9-11-7-4-8-12(14(11)17)15(18)19/h1-8,17H,9H2,(H,18,19). The van der Waals surface area contributed by atoms with Gasteiger partial charge in [-0.3, -0.25) is 4.79 Å². The summed E-state index contributed by atoms with van der Waals surface area (Å²) in [4.78, 5) is 22.9. The number of ketones is 1. The third-order valence-corrected chi connectivity index (χ3v) is 2.80. The van der Waals surface area contributed by atoms with E-state index in [4.69, 9.17) is 5.11 Å². The van der Waals surface area contributed by atoms with Crippen LogP contribution in [0.4, 0.5) is 0 Å². The summed E-state index contributed by atoms with van der Waals surface area (Å²) in [5.41, 5.74) is 0.648. The zero-order valence-electron chi connectivity index (χ0n) is 10.0.